The highest BCUT2D eigenvalue weighted by atomic mass is 32.1. The first-order valence-electron chi connectivity index (χ1n) is 9.17. The Morgan fingerprint density at radius 2 is 1.93 bits per heavy atom. The molecule has 3 rings (SSSR count). The molecular formula is C21H21N3O4S. The number of nitrogens with one attached hydrogen (secondary N) is 1. The van der Waals surface area contributed by atoms with Crippen LogP contribution in [0.5, 0.6) is 5.75 Å². The number of hydrogen-bond donors (Lipinski definition) is 1. The van der Waals surface area contributed by atoms with Gasteiger partial charge in [0.1, 0.15) is 16.3 Å². The number of aromatic nitrogens is 2. The lowest BCUT2D eigenvalue weighted by Gasteiger charge is -2.07. The molecule has 0 bridgehead atoms. The van der Waals surface area contributed by atoms with Crippen LogP contribution in [-0.2, 0) is 4.74 Å². The third kappa shape index (κ3) is 5.17. The van der Waals surface area contributed by atoms with Crippen LogP contribution in [0, 0.1) is 0 Å². The van der Waals surface area contributed by atoms with Gasteiger partial charge >= 0.3 is 5.97 Å². The Bertz CT molecular complexity index is 986. The van der Waals surface area contributed by atoms with E-state index in [9.17, 15) is 9.59 Å². The predicted molar refractivity (Wildman–Crippen MR) is 111 cm³/mol. The number of amides is 1. The van der Waals surface area contributed by atoms with E-state index in [4.69, 9.17) is 9.47 Å². The van der Waals surface area contributed by atoms with Crippen molar-refractivity contribution in [1.82, 2.24) is 9.59 Å². The summed E-state index contributed by atoms with van der Waals surface area (Å²) >= 11 is 1.02. The number of ether oxygens (including phenoxy) is 2. The standard InChI is InChI=1S/C21H21N3O4S/c1-3-4-12-28-21(26)14-8-10-16(11-9-14)22-20(25)19-18(23-24-29-19)15-6-5-7-17(13-15)27-2/h5-11,13H,3-4,12H2,1-2H3,(H,22,25). The van der Waals surface area contributed by atoms with Gasteiger partial charge in [-0.25, -0.2) is 4.79 Å². The highest BCUT2D eigenvalue weighted by molar-refractivity contribution is 7.08. The SMILES string of the molecule is CCCCOC(=O)c1ccc(NC(=O)c2snnc2-c2cccc(OC)c2)cc1. The molecule has 0 saturated heterocycles. The third-order valence-corrected chi connectivity index (χ3v) is 4.87. The molecular weight excluding hydrogens is 390 g/mol. The lowest BCUT2D eigenvalue weighted by atomic mass is 10.1. The molecule has 0 unspecified atom stereocenters. The molecule has 1 heterocycles. The third-order valence-electron chi connectivity index (χ3n) is 4.15. The molecule has 0 atom stereocenters. The molecule has 3 aromatic rings. The molecule has 1 N–H and O–H groups in total. The van der Waals surface area contributed by atoms with Crippen molar-refractivity contribution in [2.75, 3.05) is 19.0 Å². The Morgan fingerprint density at radius 3 is 2.66 bits per heavy atom. The summed E-state index contributed by atoms with van der Waals surface area (Å²) in [6.45, 7) is 2.43. The zero-order chi connectivity index (χ0) is 20.6. The van der Waals surface area contributed by atoms with Crippen molar-refractivity contribution in [2.45, 2.75) is 19.8 Å². The Balaban J connectivity index is 1.70. The molecule has 0 radical (unpaired) electrons. The summed E-state index contributed by atoms with van der Waals surface area (Å²) in [6, 6.07) is 13.9. The number of rotatable bonds is 8. The first-order valence-corrected chi connectivity index (χ1v) is 9.95. The summed E-state index contributed by atoms with van der Waals surface area (Å²) < 4.78 is 14.3. The molecule has 29 heavy (non-hydrogen) atoms. The first kappa shape index (κ1) is 20.5. The maximum Gasteiger partial charge on any atom is 0.338 e. The van der Waals surface area contributed by atoms with Crippen molar-refractivity contribution in [3.8, 4) is 17.0 Å². The smallest absolute Gasteiger partial charge is 0.338 e. The molecule has 0 fully saturated rings. The zero-order valence-corrected chi connectivity index (χ0v) is 17.0. The maximum atomic E-state index is 12.7. The number of carbonyl (C=O) groups is 2. The molecule has 0 spiro atoms. The van der Waals surface area contributed by atoms with Gasteiger partial charge in [0.05, 0.1) is 19.3 Å². The van der Waals surface area contributed by atoms with Gasteiger partial charge in [0.15, 0.2) is 0 Å². The number of esters is 1. The lowest BCUT2D eigenvalue weighted by Crippen LogP contribution is -2.12. The Kier molecular flexibility index (Phi) is 6.91. The van der Waals surface area contributed by atoms with Crippen LogP contribution >= 0.6 is 11.5 Å². The second-order valence-corrected chi connectivity index (χ2v) is 6.96. The number of hydrogen-bond acceptors (Lipinski definition) is 7. The Labute approximate surface area is 172 Å². The van der Waals surface area contributed by atoms with Crippen LogP contribution in [0.2, 0.25) is 0 Å². The van der Waals surface area contributed by atoms with E-state index >= 15 is 0 Å². The summed E-state index contributed by atoms with van der Waals surface area (Å²) in [5, 5.41) is 6.90. The molecule has 0 aliphatic carbocycles. The van der Waals surface area contributed by atoms with Gasteiger partial charge in [0, 0.05) is 11.3 Å². The van der Waals surface area contributed by atoms with Crippen LogP contribution in [0.25, 0.3) is 11.3 Å². The van der Waals surface area contributed by atoms with Gasteiger partial charge in [0.2, 0.25) is 0 Å². The number of methoxy groups -OCH3 is 1. The van der Waals surface area contributed by atoms with Gasteiger partial charge in [-0.3, -0.25) is 4.79 Å². The minimum Gasteiger partial charge on any atom is -0.497 e. The number of anilines is 1. The van der Waals surface area contributed by atoms with E-state index < -0.39 is 0 Å². The molecule has 1 amide bonds. The topological polar surface area (TPSA) is 90.4 Å². The fourth-order valence-corrected chi connectivity index (χ4v) is 3.15. The van der Waals surface area contributed by atoms with E-state index in [-0.39, 0.29) is 11.9 Å². The van der Waals surface area contributed by atoms with Crippen LogP contribution in [0.15, 0.2) is 48.5 Å². The molecule has 0 aliphatic rings. The minimum absolute atomic E-state index is 0.323. The van der Waals surface area contributed by atoms with Crippen molar-refractivity contribution >= 4 is 29.1 Å². The minimum atomic E-state index is -0.372. The summed E-state index contributed by atoms with van der Waals surface area (Å²) in [7, 11) is 1.58. The largest absolute Gasteiger partial charge is 0.497 e. The average molecular weight is 411 g/mol. The molecule has 150 valence electrons. The molecule has 7 nitrogen and oxygen atoms in total. The molecule has 0 aliphatic heterocycles. The molecule has 8 heteroatoms. The van der Waals surface area contributed by atoms with Gasteiger partial charge in [0.25, 0.3) is 5.91 Å². The Morgan fingerprint density at radius 1 is 1.14 bits per heavy atom. The fraction of sp³-hybridized carbons (Fsp3) is 0.238. The summed E-state index contributed by atoms with van der Waals surface area (Å²) in [5.74, 6) is -0.0253. The van der Waals surface area contributed by atoms with Crippen LogP contribution in [0.1, 0.15) is 39.8 Å². The van der Waals surface area contributed by atoms with Gasteiger partial charge in [-0.1, -0.05) is 30.0 Å². The van der Waals surface area contributed by atoms with E-state index in [1.807, 2.05) is 25.1 Å². The lowest BCUT2D eigenvalue weighted by molar-refractivity contribution is 0.0499. The van der Waals surface area contributed by atoms with Crippen molar-refractivity contribution in [1.29, 1.82) is 0 Å². The van der Waals surface area contributed by atoms with Crippen molar-refractivity contribution < 1.29 is 19.1 Å². The Hall–Kier alpha value is -3.26. The average Bonchev–Trinajstić information content (AvgIpc) is 3.24. The van der Waals surface area contributed by atoms with Crippen molar-refractivity contribution in [3.05, 3.63) is 59.0 Å². The highest BCUT2D eigenvalue weighted by Crippen LogP contribution is 2.27. The van der Waals surface area contributed by atoms with E-state index in [1.54, 1.807) is 37.4 Å². The predicted octanol–water partition coefficient (Wildman–Crippen LogP) is 4.42. The fourth-order valence-electron chi connectivity index (χ4n) is 2.57. The number of unbranched alkanes of at least 4 members (excludes halogenated alkanes) is 1. The second-order valence-electron chi connectivity index (χ2n) is 6.20. The maximum absolute atomic E-state index is 12.7. The van der Waals surface area contributed by atoms with Crippen molar-refractivity contribution in [2.24, 2.45) is 0 Å². The summed E-state index contributed by atoms with van der Waals surface area (Å²) in [6.07, 6.45) is 1.79. The normalized spacial score (nSPS) is 10.4. The second kappa shape index (κ2) is 9.79. The molecule has 2 aromatic carbocycles. The van der Waals surface area contributed by atoms with Crippen LogP contribution < -0.4 is 10.1 Å². The number of nitrogens with zero attached hydrogens (tertiary/aromatic N) is 2. The monoisotopic (exact) mass is 411 g/mol. The number of benzene rings is 2. The highest BCUT2D eigenvalue weighted by Gasteiger charge is 2.18. The van der Waals surface area contributed by atoms with E-state index in [2.05, 4.69) is 14.9 Å². The van der Waals surface area contributed by atoms with Gasteiger partial charge in [-0.15, -0.1) is 5.10 Å². The summed E-state index contributed by atoms with van der Waals surface area (Å²) in [4.78, 5) is 25.1. The first-order chi connectivity index (χ1) is 14.1. The molecule has 0 saturated carbocycles. The van der Waals surface area contributed by atoms with E-state index in [1.165, 1.54) is 0 Å². The van der Waals surface area contributed by atoms with Crippen LogP contribution in [0.3, 0.4) is 0 Å². The van der Waals surface area contributed by atoms with Gasteiger partial charge in [-0.05, 0) is 54.4 Å². The van der Waals surface area contributed by atoms with Crippen LogP contribution in [-0.4, -0.2) is 35.2 Å². The zero-order valence-electron chi connectivity index (χ0n) is 16.2. The van der Waals surface area contributed by atoms with Crippen molar-refractivity contribution in [3.63, 3.8) is 0 Å². The van der Waals surface area contributed by atoms with Gasteiger partial charge < -0.3 is 14.8 Å². The van der Waals surface area contributed by atoms with E-state index in [0.29, 0.717) is 34.2 Å². The van der Waals surface area contributed by atoms with Gasteiger partial charge in [-0.2, -0.15) is 0 Å². The van der Waals surface area contributed by atoms with E-state index in [0.717, 1.165) is 29.9 Å². The molecule has 1 aromatic heterocycles. The summed E-state index contributed by atoms with van der Waals surface area (Å²) in [5.41, 5.74) is 2.23. The quantitative estimate of drug-likeness (QED) is 0.436. The number of carbonyl (C=O) groups excluding carboxylic acids is 2. The van der Waals surface area contributed by atoms with Crippen LogP contribution in [0.4, 0.5) is 5.69 Å².